The number of aliphatic hydroxyl groups is 1. The minimum absolute atomic E-state index is 0.0852. The Morgan fingerprint density at radius 1 is 1.28 bits per heavy atom. The van der Waals surface area contributed by atoms with E-state index >= 15 is 0 Å². The summed E-state index contributed by atoms with van der Waals surface area (Å²) in [6.07, 6.45) is 0.861. The first-order valence-corrected chi connectivity index (χ1v) is 6.76. The Balaban J connectivity index is 3.57. The molecular formula is C14H21BrO3. The molecule has 1 aromatic carbocycles. The van der Waals surface area contributed by atoms with Crippen LogP contribution in [0.1, 0.15) is 31.9 Å². The van der Waals surface area contributed by atoms with Crippen molar-refractivity contribution < 1.29 is 14.6 Å². The topological polar surface area (TPSA) is 38.7 Å². The smallest absolute Gasteiger partial charge is 0.175 e. The number of rotatable bonds is 5. The lowest BCUT2D eigenvalue weighted by Crippen LogP contribution is -2.24. The summed E-state index contributed by atoms with van der Waals surface area (Å²) in [5, 5.41) is 9.56. The summed E-state index contributed by atoms with van der Waals surface area (Å²) >= 11 is 3.58. The van der Waals surface area contributed by atoms with Gasteiger partial charge in [0, 0.05) is 5.41 Å². The van der Waals surface area contributed by atoms with Crippen molar-refractivity contribution in [3.8, 4) is 11.5 Å². The van der Waals surface area contributed by atoms with E-state index in [0.717, 1.165) is 22.0 Å². The molecule has 3 nitrogen and oxygen atoms in total. The number of hydrogen-bond donors (Lipinski definition) is 1. The maximum absolute atomic E-state index is 9.56. The van der Waals surface area contributed by atoms with E-state index in [1.54, 1.807) is 14.2 Å². The van der Waals surface area contributed by atoms with E-state index in [1.165, 1.54) is 0 Å². The summed E-state index contributed by atoms with van der Waals surface area (Å²) in [6.45, 7) is 6.20. The molecule has 0 aliphatic heterocycles. The van der Waals surface area contributed by atoms with Crippen molar-refractivity contribution >= 4 is 15.9 Å². The number of methoxy groups -OCH3 is 2. The van der Waals surface area contributed by atoms with Crippen LogP contribution in [0.3, 0.4) is 0 Å². The molecule has 0 atom stereocenters. The Kier molecular flexibility index (Phi) is 5.05. The molecule has 0 bridgehead atoms. The van der Waals surface area contributed by atoms with E-state index in [1.807, 2.05) is 19.9 Å². The van der Waals surface area contributed by atoms with Gasteiger partial charge in [-0.3, -0.25) is 0 Å². The van der Waals surface area contributed by atoms with E-state index < -0.39 is 0 Å². The van der Waals surface area contributed by atoms with E-state index in [9.17, 15) is 5.11 Å². The molecule has 0 unspecified atom stereocenters. The van der Waals surface area contributed by atoms with Crippen LogP contribution >= 0.6 is 15.9 Å². The molecule has 0 aliphatic rings. The van der Waals surface area contributed by atoms with Gasteiger partial charge in [0.2, 0.25) is 0 Å². The highest BCUT2D eigenvalue weighted by atomic mass is 79.9. The van der Waals surface area contributed by atoms with Crippen LogP contribution in [0.5, 0.6) is 11.5 Å². The predicted molar refractivity (Wildman–Crippen MR) is 76.7 cm³/mol. The van der Waals surface area contributed by atoms with Gasteiger partial charge in [-0.1, -0.05) is 20.8 Å². The zero-order valence-corrected chi connectivity index (χ0v) is 13.2. The van der Waals surface area contributed by atoms with Crippen LogP contribution in [-0.4, -0.2) is 25.9 Å². The number of halogens is 1. The first-order chi connectivity index (χ1) is 8.42. The van der Waals surface area contributed by atoms with Crippen LogP contribution in [0.2, 0.25) is 0 Å². The second kappa shape index (κ2) is 5.93. The van der Waals surface area contributed by atoms with E-state index in [2.05, 4.69) is 22.9 Å². The minimum atomic E-state index is -0.312. The van der Waals surface area contributed by atoms with Gasteiger partial charge in [0.05, 0.1) is 25.3 Å². The summed E-state index contributed by atoms with van der Waals surface area (Å²) in [5.41, 5.74) is 1.91. The molecule has 0 radical (unpaired) electrons. The quantitative estimate of drug-likeness (QED) is 0.905. The van der Waals surface area contributed by atoms with Gasteiger partial charge in [-0.25, -0.2) is 0 Å². The molecular weight excluding hydrogens is 296 g/mol. The molecule has 0 aliphatic carbocycles. The van der Waals surface area contributed by atoms with Gasteiger partial charge in [0.1, 0.15) is 0 Å². The fourth-order valence-corrected chi connectivity index (χ4v) is 2.87. The summed E-state index contributed by atoms with van der Waals surface area (Å²) in [6, 6.07) is 1.96. The van der Waals surface area contributed by atoms with Gasteiger partial charge in [-0.2, -0.15) is 0 Å². The maximum Gasteiger partial charge on any atom is 0.175 e. The number of hydrogen-bond acceptors (Lipinski definition) is 3. The standard InChI is InChI=1S/C14H21BrO3/c1-6-9-10(14(2,3)8-16)7-11(17-4)13(18-5)12(9)15/h7,16H,6,8H2,1-5H3. The number of aliphatic hydroxyl groups excluding tert-OH is 1. The minimum Gasteiger partial charge on any atom is -0.493 e. The van der Waals surface area contributed by atoms with Crippen molar-refractivity contribution in [1.82, 2.24) is 0 Å². The van der Waals surface area contributed by atoms with Crippen molar-refractivity contribution in [3.05, 3.63) is 21.7 Å². The second-order valence-electron chi connectivity index (χ2n) is 4.85. The van der Waals surface area contributed by atoms with Gasteiger partial charge < -0.3 is 14.6 Å². The Hall–Kier alpha value is -0.740. The highest BCUT2D eigenvalue weighted by molar-refractivity contribution is 9.10. The monoisotopic (exact) mass is 316 g/mol. The Bertz CT molecular complexity index is 428. The maximum atomic E-state index is 9.56. The van der Waals surface area contributed by atoms with Gasteiger partial charge in [0.25, 0.3) is 0 Å². The van der Waals surface area contributed by atoms with Crippen LogP contribution in [0.4, 0.5) is 0 Å². The molecule has 102 valence electrons. The lowest BCUT2D eigenvalue weighted by molar-refractivity contribution is 0.217. The van der Waals surface area contributed by atoms with E-state index in [-0.39, 0.29) is 12.0 Å². The number of ether oxygens (including phenoxy) is 2. The van der Waals surface area contributed by atoms with E-state index in [0.29, 0.717) is 11.5 Å². The highest BCUT2D eigenvalue weighted by Gasteiger charge is 2.27. The first-order valence-electron chi connectivity index (χ1n) is 5.97. The zero-order chi connectivity index (χ0) is 13.9. The molecule has 1 rings (SSSR count). The molecule has 0 amide bonds. The molecule has 0 fully saturated rings. The fraction of sp³-hybridized carbons (Fsp3) is 0.571. The van der Waals surface area contributed by atoms with Crippen LogP contribution in [0, 0.1) is 0 Å². The molecule has 0 heterocycles. The molecule has 1 N–H and O–H groups in total. The van der Waals surface area contributed by atoms with Crippen molar-refractivity contribution in [2.24, 2.45) is 0 Å². The SMILES string of the molecule is CCc1c(C(C)(C)CO)cc(OC)c(OC)c1Br. The number of benzene rings is 1. The van der Waals surface area contributed by atoms with Crippen molar-refractivity contribution in [2.75, 3.05) is 20.8 Å². The third kappa shape index (κ3) is 2.64. The molecule has 0 saturated heterocycles. The molecule has 0 saturated carbocycles. The highest BCUT2D eigenvalue weighted by Crippen LogP contribution is 2.43. The molecule has 0 aromatic heterocycles. The fourth-order valence-electron chi connectivity index (χ4n) is 2.02. The van der Waals surface area contributed by atoms with E-state index in [4.69, 9.17) is 9.47 Å². The van der Waals surface area contributed by atoms with Crippen molar-refractivity contribution in [2.45, 2.75) is 32.6 Å². The lowest BCUT2D eigenvalue weighted by Gasteiger charge is -2.27. The lowest BCUT2D eigenvalue weighted by atomic mass is 9.81. The van der Waals surface area contributed by atoms with Crippen molar-refractivity contribution in [3.63, 3.8) is 0 Å². The van der Waals surface area contributed by atoms with Gasteiger partial charge in [0.15, 0.2) is 11.5 Å². The Morgan fingerprint density at radius 2 is 1.89 bits per heavy atom. The average Bonchev–Trinajstić information content (AvgIpc) is 2.37. The Labute approximate surface area is 117 Å². The second-order valence-corrected chi connectivity index (χ2v) is 5.64. The predicted octanol–water partition coefficient (Wildman–Crippen LogP) is 3.30. The average molecular weight is 317 g/mol. The van der Waals surface area contributed by atoms with Crippen LogP contribution < -0.4 is 9.47 Å². The zero-order valence-electron chi connectivity index (χ0n) is 11.6. The summed E-state index contributed by atoms with van der Waals surface area (Å²) < 4.78 is 11.6. The largest absolute Gasteiger partial charge is 0.493 e. The molecule has 0 spiro atoms. The third-order valence-electron chi connectivity index (χ3n) is 3.19. The summed E-state index contributed by atoms with van der Waals surface area (Å²) in [7, 11) is 3.24. The van der Waals surface area contributed by atoms with Gasteiger partial charge in [-0.15, -0.1) is 0 Å². The molecule has 1 aromatic rings. The van der Waals surface area contributed by atoms with Crippen LogP contribution in [0.15, 0.2) is 10.5 Å². The van der Waals surface area contributed by atoms with Crippen LogP contribution in [-0.2, 0) is 11.8 Å². The Morgan fingerprint density at radius 3 is 2.28 bits per heavy atom. The van der Waals surface area contributed by atoms with Crippen molar-refractivity contribution in [1.29, 1.82) is 0 Å². The normalized spacial score (nSPS) is 11.5. The third-order valence-corrected chi connectivity index (χ3v) is 4.03. The van der Waals surface area contributed by atoms with Gasteiger partial charge >= 0.3 is 0 Å². The van der Waals surface area contributed by atoms with Gasteiger partial charge in [-0.05, 0) is 39.5 Å². The van der Waals surface area contributed by atoms with Crippen LogP contribution in [0.25, 0.3) is 0 Å². The first kappa shape index (κ1) is 15.3. The summed E-state index contributed by atoms with van der Waals surface area (Å²) in [5.74, 6) is 1.38. The molecule has 18 heavy (non-hydrogen) atoms. The summed E-state index contributed by atoms with van der Waals surface area (Å²) in [4.78, 5) is 0. The molecule has 4 heteroatoms.